The molecule has 2 heterocycles. The van der Waals surface area contributed by atoms with E-state index in [1.54, 1.807) is 11.3 Å². The molecule has 1 aliphatic rings. The first-order valence-corrected chi connectivity index (χ1v) is 11.5. The molecule has 3 rings (SSSR count). The van der Waals surface area contributed by atoms with Gasteiger partial charge < -0.3 is 20.3 Å². The molecular weight excluding hydrogens is 412 g/mol. The van der Waals surface area contributed by atoms with Crippen LogP contribution < -0.4 is 10.6 Å². The summed E-state index contributed by atoms with van der Waals surface area (Å²) in [5.41, 5.74) is 2.45. The fraction of sp³-hybridized carbons (Fsp3) is 0.522. The molecule has 1 saturated heterocycles. The lowest BCUT2D eigenvalue weighted by Crippen LogP contribution is -2.48. The van der Waals surface area contributed by atoms with Crippen LogP contribution in [-0.4, -0.2) is 47.1 Å². The minimum absolute atomic E-state index is 0.0109. The van der Waals surface area contributed by atoms with E-state index in [1.165, 1.54) is 0 Å². The summed E-state index contributed by atoms with van der Waals surface area (Å²) in [6.07, 6.45) is 0.0815. The Morgan fingerprint density at radius 1 is 1.10 bits per heavy atom. The number of carbonyl (C=O) groups excluding carboxylic acids is 2. The van der Waals surface area contributed by atoms with E-state index >= 15 is 0 Å². The Morgan fingerprint density at radius 3 is 2.29 bits per heavy atom. The zero-order valence-corrected chi connectivity index (χ0v) is 19.7. The molecule has 8 heteroatoms. The van der Waals surface area contributed by atoms with Crippen LogP contribution in [0.2, 0.25) is 0 Å². The van der Waals surface area contributed by atoms with Crippen molar-refractivity contribution in [3.63, 3.8) is 0 Å². The van der Waals surface area contributed by atoms with Gasteiger partial charge in [-0.15, -0.1) is 11.3 Å². The summed E-state index contributed by atoms with van der Waals surface area (Å²) in [6.45, 7) is 12.3. The lowest BCUT2D eigenvalue weighted by atomic mass is 9.98. The van der Waals surface area contributed by atoms with Crippen LogP contribution in [0.3, 0.4) is 0 Å². The largest absolute Gasteiger partial charge is 0.372 e. The maximum absolute atomic E-state index is 12.7. The van der Waals surface area contributed by atoms with Gasteiger partial charge in [0.2, 0.25) is 0 Å². The first kappa shape index (κ1) is 23.2. The highest BCUT2D eigenvalue weighted by atomic mass is 32.1. The predicted molar refractivity (Wildman–Crippen MR) is 122 cm³/mol. The maximum Gasteiger partial charge on any atom is 0.315 e. The van der Waals surface area contributed by atoms with Crippen LogP contribution >= 0.6 is 11.3 Å². The average Bonchev–Trinajstić information content (AvgIpc) is 3.19. The standard InChI is InChI=1S/C23H32N4O3S/c1-15-12-27(13-16(2)30-15)20(28)18-8-6-17(7-9-18)10-24-22(29)25-11-19-14-31-21(26-19)23(3,4)5/h6-9,14-16H,10-13H2,1-5H3,(H2,24,25,29). The Hall–Kier alpha value is -2.45. The van der Waals surface area contributed by atoms with Crippen LogP contribution in [0.5, 0.6) is 0 Å². The van der Waals surface area contributed by atoms with E-state index in [1.807, 2.05) is 48.4 Å². The molecule has 1 aromatic heterocycles. The van der Waals surface area contributed by atoms with Gasteiger partial charge in [-0.25, -0.2) is 9.78 Å². The number of nitrogens with zero attached hydrogens (tertiary/aromatic N) is 2. The molecule has 7 nitrogen and oxygen atoms in total. The number of nitrogens with one attached hydrogen (secondary N) is 2. The van der Waals surface area contributed by atoms with Crippen LogP contribution in [0.1, 0.15) is 61.2 Å². The van der Waals surface area contributed by atoms with Crippen molar-refractivity contribution in [2.75, 3.05) is 13.1 Å². The third kappa shape index (κ3) is 6.51. The van der Waals surface area contributed by atoms with Crippen LogP contribution in [0.4, 0.5) is 4.79 Å². The number of thiazole rings is 1. The number of aromatic nitrogens is 1. The van der Waals surface area contributed by atoms with Crippen molar-refractivity contribution in [3.8, 4) is 0 Å². The number of hydrogen-bond donors (Lipinski definition) is 2. The van der Waals surface area contributed by atoms with Gasteiger partial charge >= 0.3 is 6.03 Å². The summed E-state index contributed by atoms with van der Waals surface area (Å²) in [4.78, 5) is 31.3. The number of urea groups is 1. The molecule has 0 spiro atoms. The van der Waals surface area contributed by atoms with E-state index in [2.05, 4.69) is 36.4 Å². The van der Waals surface area contributed by atoms with Crippen molar-refractivity contribution >= 4 is 23.3 Å². The number of ether oxygens (including phenoxy) is 1. The maximum atomic E-state index is 12.7. The average molecular weight is 445 g/mol. The molecule has 3 amide bonds. The summed E-state index contributed by atoms with van der Waals surface area (Å²) in [5.74, 6) is 0.0112. The zero-order chi connectivity index (χ0) is 22.6. The van der Waals surface area contributed by atoms with Gasteiger partial charge in [0.05, 0.1) is 29.5 Å². The highest BCUT2D eigenvalue weighted by Gasteiger charge is 2.26. The van der Waals surface area contributed by atoms with Crippen molar-refractivity contribution in [1.82, 2.24) is 20.5 Å². The SMILES string of the molecule is CC1CN(C(=O)c2ccc(CNC(=O)NCc3csc(C(C)(C)C)n3)cc2)CC(C)O1. The van der Waals surface area contributed by atoms with Gasteiger partial charge in [-0.3, -0.25) is 4.79 Å². The number of hydrogen-bond acceptors (Lipinski definition) is 5. The van der Waals surface area contributed by atoms with Crippen molar-refractivity contribution in [1.29, 1.82) is 0 Å². The Morgan fingerprint density at radius 2 is 1.71 bits per heavy atom. The molecule has 1 aromatic carbocycles. The van der Waals surface area contributed by atoms with Crippen LogP contribution in [-0.2, 0) is 23.2 Å². The minimum Gasteiger partial charge on any atom is -0.372 e. The van der Waals surface area contributed by atoms with E-state index in [-0.39, 0.29) is 29.6 Å². The molecule has 2 aromatic rings. The summed E-state index contributed by atoms with van der Waals surface area (Å²) >= 11 is 1.61. The fourth-order valence-corrected chi connectivity index (χ4v) is 4.35. The van der Waals surface area contributed by atoms with Gasteiger partial charge in [0.15, 0.2) is 0 Å². The lowest BCUT2D eigenvalue weighted by Gasteiger charge is -2.35. The van der Waals surface area contributed by atoms with Gasteiger partial charge in [0, 0.05) is 36.0 Å². The molecule has 1 fully saturated rings. The smallest absolute Gasteiger partial charge is 0.315 e. The molecule has 0 bridgehead atoms. The minimum atomic E-state index is -0.248. The first-order chi connectivity index (χ1) is 14.6. The highest BCUT2D eigenvalue weighted by Crippen LogP contribution is 2.25. The second-order valence-electron chi connectivity index (χ2n) is 9.09. The quantitative estimate of drug-likeness (QED) is 0.737. The number of rotatable bonds is 5. The normalized spacial score (nSPS) is 19.2. The molecule has 0 aliphatic carbocycles. The van der Waals surface area contributed by atoms with Crippen molar-refractivity contribution < 1.29 is 14.3 Å². The number of carbonyl (C=O) groups is 2. The van der Waals surface area contributed by atoms with Crippen LogP contribution in [0.25, 0.3) is 0 Å². The molecule has 2 N–H and O–H groups in total. The molecule has 0 radical (unpaired) electrons. The first-order valence-electron chi connectivity index (χ1n) is 10.6. The van der Waals surface area contributed by atoms with E-state index in [0.717, 1.165) is 16.3 Å². The summed E-state index contributed by atoms with van der Waals surface area (Å²) in [7, 11) is 0. The van der Waals surface area contributed by atoms with E-state index in [0.29, 0.717) is 31.7 Å². The fourth-order valence-electron chi connectivity index (χ4n) is 3.44. The van der Waals surface area contributed by atoms with Gasteiger partial charge in [0.1, 0.15) is 0 Å². The molecule has 0 saturated carbocycles. The number of amides is 3. The van der Waals surface area contributed by atoms with Gasteiger partial charge in [0.25, 0.3) is 5.91 Å². The van der Waals surface area contributed by atoms with E-state index < -0.39 is 0 Å². The highest BCUT2D eigenvalue weighted by molar-refractivity contribution is 7.09. The van der Waals surface area contributed by atoms with Gasteiger partial charge in [-0.2, -0.15) is 0 Å². The van der Waals surface area contributed by atoms with E-state index in [4.69, 9.17) is 4.74 Å². The zero-order valence-electron chi connectivity index (χ0n) is 18.9. The van der Waals surface area contributed by atoms with Crippen LogP contribution in [0, 0.1) is 0 Å². The third-order valence-corrected chi connectivity index (χ3v) is 6.30. The van der Waals surface area contributed by atoms with Crippen molar-refractivity contribution in [2.24, 2.45) is 0 Å². The summed E-state index contributed by atoms with van der Waals surface area (Å²) in [5, 5.41) is 8.71. The topological polar surface area (TPSA) is 83.6 Å². The monoisotopic (exact) mass is 444 g/mol. The number of benzene rings is 1. The van der Waals surface area contributed by atoms with Gasteiger partial charge in [-0.05, 0) is 31.5 Å². The second kappa shape index (κ2) is 9.78. The van der Waals surface area contributed by atoms with Crippen molar-refractivity contribution in [3.05, 3.63) is 51.5 Å². The van der Waals surface area contributed by atoms with Gasteiger partial charge in [-0.1, -0.05) is 32.9 Å². The molecule has 2 unspecified atom stereocenters. The Kier molecular flexibility index (Phi) is 7.33. The molecule has 2 atom stereocenters. The van der Waals surface area contributed by atoms with Crippen molar-refractivity contribution in [2.45, 2.75) is 65.3 Å². The Balaban J connectivity index is 1.46. The molecule has 168 valence electrons. The molecule has 31 heavy (non-hydrogen) atoms. The molecule has 1 aliphatic heterocycles. The molecular formula is C23H32N4O3S. The third-order valence-electron chi connectivity index (χ3n) is 4.98. The number of morpholine rings is 1. The van der Waals surface area contributed by atoms with Crippen LogP contribution in [0.15, 0.2) is 29.6 Å². The van der Waals surface area contributed by atoms with E-state index in [9.17, 15) is 9.59 Å². The predicted octanol–water partition coefficient (Wildman–Crippen LogP) is 3.69. The Bertz CT molecular complexity index is 894. The summed E-state index contributed by atoms with van der Waals surface area (Å²) < 4.78 is 5.70. The summed E-state index contributed by atoms with van der Waals surface area (Å²) in [6, 6.07) is 7.12. The lowest BCUT2D eigenvalue weighted by molar-refractivity contribution is -0.0586. The second-order valence-corrected chi connectivity index (χ2v) is 9.95. The Labute approximate surface area is 188 Å².